The fourth-order valence-corrected chi connectivity index (χ4v) is 0.525. The first kappa shape index (κ1) is 4.25. The van der Waals surface area contributed by atoms with E-state index in [1.165, 1.54) is 5.57 Å². The van der Waals surface area contributed by atoms with Gasteiger partial charge in [0.05, 0.1) is 18.2 Å². The van der Waals surface area contributed by atoms with Gasteiger partial charge in [0.2, 0.25) is 0 Å². The van der Waals surface area contributed by atoms with Crippen molar-refractivity contribution >= 4 is 0 Å². The van der Waals surface area contributed by atoms with Gasteiger partial charge in [0.15, 0.2) is 0 Å². The molecule has 1 rings (SSSR count). The normalized spacial score (nSPS) is 15.7. The van der Waals surface area contributed by atoms with Crippen molar-refractivity contribution < 1.29 is 0 Å². The minimum atomic E-state index is 1.19. The van der Waals surface area contributed by atoms with Crippen LogP contribution in [0.4, 0.5) is 0 Å². The van der Waals surface area contributed by atoms with Crippen molar-refractivity contribution in [3.8, 4) is 0 Å². The molecule has 0 amide bonds. The molecule has 0 aromatic heterocycles. The molecule has 0 nitrogen and oxygen atoms in total. The Morgan fingerprint density at radius 2 is 2.57 bits per heavy atom. The van der Waals surface area contributed by atoms with E-state index in [0.29, 0.717) is 0 Å². The SMILES string of the molecule is C=CC1=C[CH+]C=C1. The molecule has 0 fully saturated rings. The lowest BCUT2D eigenvalue weighted by Crippen LogP contribution is -1.57. The van der Waals surface area contributed by atoms with Crippen LogP contribution in [0.25, 0.3) is 0 Å². The van der Waals surface area contributed by atoms with E-state index in [9.17, 15) is 0 Å². The van der Waals surface area contributed by atoms with Gasteiger partial charge in [0.1, 0.15) is 5.57 Å². The zero-order valence-electron chi connectivity index (χ0n) is 4.09. The maximum Gasteiger partial charge on any atom is 0.117 e. The van der Waals surface area contributed by atoms with Gasteiger partial charge in [0.25, 0.3) is 0 Å². The zero-order valence-corrected chi connectivity index (χ0v) is 4.09. The van der Waals surface area contributed by atoms with Gasteiger partial charge in [-0.1, -0.05) is 6.58 Å². The van der Waals surface area contributed by atoms with Crippen molar-refractivity contribution in [3.63, 3.8) is 0 Å². The summed E-state index contributed by atoms with van der Waals surface area (Å²) in [6.07, 6.45) is 9.87. The fourth-order valence-electron chi connectivity index (χ4n) is 0.525. The van der Waals surface area contributed by atoms with Gasteiger partial charge < -0.3 is 0 Å². The summed E-state index contributed by atoms with van der Waals surface area (Å²) < 4.78 is 0. The molecule has 0 spiro atoms. The smallest absolute Gasteiger partial charge is 0.0839 e. The molecule has 0 aromatic carbocycles. The van der Waals surface area contributed by atoms with Crippen molar-refractivity contribution in [3.05, 3.63) is 42.9 Å². The van der Waals surface area contributed by atoms with E-state index in [-0.39, 0.29) is 0 Å². The average Bonchev–Trinajstić information content (AvgIpc) is 2.14. The molecule has 0 saturated carbocycles. The first-order chi connectivity index (χ1) is 3.43. The van der Waals surface area contributed by atoms with Gasteiger partial charge in [-0.2, -0.15) is 0 Å². The molecule has 0 N–H and O–H groups in total. The van der Waals surface area contributed by atoms with Gasteiger partial charge in [-0.3, -0.25) is 0 Å². The monoisotopic (exact) mass is 91.1 g/mol. The van der Waals surface area contributed by atoms with Crippen molar-refractivity contribution in [2.24, 2.45) is 0 Å². The molecule has 1 aliphatic carbocycles. The maximum atomic E-state index is 3.60. The number of hydrogen-bond donors (Lipinski definition) is 0. The average molecular weight is 91.1 g/mol. The molecule has 0 aromatic rings. The van der Waals surface area contributed by atoms with E-state index in [4.69, 9.17) is 0 Å². The fraction of sp³-hybridized carbons (Fsp3) is 0. The number of allylic oxidation sites excluding steroid dienone is 5. The van der Waals surface area contributed by atoms with Crippen LogP contribution in [0.5, 0.6) is 0 Å². The van der Waals surface area contributed by atoms with Gasteiger partial charge in [0, 0.05) is 12.5 Å². The Kier molecular flexibility index (Phi) is 1.03. The summed E-state index contributed by atoms with van der Waals surface area (Å²) in [5.41, 5.74) is 1.19. The van der Waals surface area contributed by atoms with Crippen molar-refractivity contribution in [2.75, 3.05) is 0 Å². The predicted octanol–water partition coefficient (Wildman–Crippen LogP) is 1.87. The molecule has 1 aliphatic rings. The third-order valence-corrected chi connectivity index (χ3v) is 0.924. The second kappa shape index (κ2) is 1.69. The van der Waals surface area contributed by atoms with E-state index in [1.54, 1.807) is 0 Å². The Bertz CT molecular complexity index is 127. The van der Waals surface area contributed by atoms with Gasteiger partial charge in [-0.15, -0.1) is 0 Å². The van der Waals surface area contributed by atoms with Gasteiger partial charge in [-0.05, 0) is 0 Å². The maximum absolute atomic E-state index is 3.60. The molecule has 0 bridgehead atoms. The quantitative estimate of drug-likeness (QED) is 0.432. The van der Waals surface area contributed by atoms with E-state index in [2.05, 4.69) is 6.58 Å². The van der Waals surface area contributed by atoms with Crippen LogP contribution < -0.4 is 0 Å². The minimum Gasteiger partial charge on any atom is -0.0839 e. The molecule has 0 unspecified atom stereocenters. The summed E-state index contributed by atoms with van der Waals surface area (Å²) in [7, 11) is 0. The predicted molar refractivity (Wildman–Crippen MR) is 31.7 cm³/mol. The summed E-state index contributed by atoms with van der Waals surface area (Å²) >= 11 is 0. The molecule has 0 atom stereocenters. The van der Waals surface area contributed by atoms with Crippen LogP contribution in [-0.4, -0.2) is 0 Å². The van der Waals surface area contributed by atoms with Gasteiger partial charge in [-0.25, -0.2) is 0 Å². The largest absolute Gasteiger partial charge is 0.117 e. The minimum absolute atomic E-state index is 1.19. The highest BCUT2D eigenvalue weighted by Gasteiger charge is 1.99. The summed E-state index contributed by atoms with van der Waals surface area (Å²) in [5.74, 6) is 0. The van der Waals surface area contributed by atoms with E-state index in [1.807, 2.05) is 30.7 Å². The lowest BCUT2D eigenvalue weighted by molar-refractivity contribution is 1.77. The van der Waals surface area contributed by atoms with Crippen molar-refractivity contribution in [1.82, 2.24) is 0 Å². The number of rotatable bonds is 1. The van der Waals surface area contributed by atoms with Crippen LogP contribution in [-0.2, 0) is 0 Å². The van der Waals surface area contributed by atoms with Crippen LogP contribution in [0.3, 0.4) is 0 Å². The number of hydrogen-bond acceptors (Lipinski definition) is 0. The van der Waals surface area contributed by atoms with Gasteiger partial charge >= 0.3 is 0 Å². The lowest BCUT2D eigenvalue weighted by atomic mass is 10.3. The molecule has 0 saturated heterocycles. The molecular formula is C7H7+. The summed E-state index contributed by atoms with van der Waals surface area (Å²) in [6, 6.07) is 0. The highest BCUT2D eigenvalue weighted by Crippen LogP contribution is 2.06. The first-order valence-corrected chi connectivity index (χ1v) is 2.27. The topological polar surface area (TPSA) is 0 Å². The molecule has 0 radical (unpaired) electrons. The Hall–Kier alpha value is -0.910. The second-order valence-electron chi connectivity index (χ2n) is 1.42. The molecule has 34 valence electrons. The van der Waals surface area contributed by atoms with E-state index < -0.39 is 0 Å². The van der Waals surface area contributed by atoms with Crippen molar-refractivity contribution in [2.45, 2.75) is 0 Å². The zero-order chi connectivity index (χ0) is 5.11. The van der Waals surface area contributed by atoms with Crippen LogP contribution in [0.2, 0.25) is 0 Å². The highest BCUT2D eigenvalue weighted by molar-refractivity contribution is 5.40. The molecular weight excluding hydrogens is 84.1 g/mol. The molecule has 0 aliphatic heterocycles. The highest BCUT2D eigenvalue weighted by atomic mass is 13.9. The Labute approximate surface area is 43.9 Å². The molecule has 7 heavy (non-hydrogen) atoms. The van der Waals surface area contributed by atoms with Crippen LogP contribution >= 0.6 is 0 Å². The summed E-state index contributed by atoms with van der Waals surface area (Å²) in [4.78, 5) is 0. The van der Waals surface area contributed by atoms with Crippen LogP contribution in [0.1, 0.15) is 0 Å². The van der Waals surface area contributed by atoms with Crippen LogP contribution in [0, 0.1) is 6.42 Å². The third kappa shape index (κ3) is 0.743. The molecule has 0 heteroatoms. The Morgan fingerprint density at radius 1 is 1.71 bits per heavy atom. The Balaban J connectivity index is 2.69. The van der Waals surface area contributed by atoms with E-state index in [0.717, 1.165) is 0 Å². The molecule has 0 heterocycles. The summed E-state index contributed by atoms with van der Waals surface area (Å²) in [5, 5.41) is 0. The standard InChI is InChI=1S/C7H7/c1-2-7-5-3-4-6-7/h2-6H,1H2/q+1. The van der Waals surface area contributed by atoms with Crippen molar-refractivity contribution in [1.29, 1.82) is 0 Å². The first-order valence-electron chi connectivity index (χ1n) is 2.27. The third-order valence-electron chi connectivity index (χ3n) is 0.924. The second-order valence-corrected chi connectivity index (χ2v) is 1.42. The van der Waals surface area contributed by atoms with Crippen LogP contribution in [0.15, 0.2) is 36.5 Å². The Morgan fingerprint density at radius 3 is 2.86 bits per heavy atom. The van der Waals surface area contributed by atoms with E-state index >= 15 is 0 Å². The summed E-state index contributed by atoms with van der Waals surface area (Å²) in [6.45, 7) is 3.60. The lowest BCUT2D eigenvalue weighted by Gasteiger charge is -1.65.